The van der Waals surface area contributed by atoms with E-state index in [9.17, 15) is 127 Å². The van der Waals surface area contributed by atoms with Gasteiger partial charge in [-0.25, -0.2) is 18.9 Å². The number of halogens is 22. The molecule has 0 saturated heterocycles. The maximum Gasteiger partial charge on any atom is 0.453 e. The highest BCUT2D eigenvalue weighted by Crippen LogP contribution is 2.52. The highest BCUT2D eigenvalue weighted by molar-refractivity contribution is 5.31. The molecule has 0 spiro atoms. The second-order valence-corrected chi connectivity index (χ2v) is 19.7. The lowest BCUT2D eigenvalue weighted by Crippen LogP contribution is -2.62. The molecule has 4 atom stereocenters. The largest absolute Gasteiger partial charge is 0.508 e. The van der Waals surface area contributed by atoms with E-state index in [1.807, 2.05) is 0 Å². The van der Waals surface area contributed by atoms with Crippen LogP contribution in [0.15, 0.2) is 97.1 Å². The third-order valence-electron chi connectivity index (χ3n) is 11.8. The van der Waals surface area contributed by atoms with Gasteiger partial charge in [0.2, 0.25) is 0 Å². The van der Waals surface area contributed by atoms with Crippen LogP contribution in [0.5, 0.6) is 23.0 Å². The molecule has 0 aliphatic rings. The van der Waals surface area contributed by atoms with E-state index in [4.69, 9.17) is 18.9 Å². The number of ether oxygens (including phenoxy) is 12. The lowest BCUT2D eigenvalue weighted by atomic mass is 10.1. The molecule has 0 heterocycles. The van der Waals surface area contributed by atoms with Crippen molar-refractivity contribution in [1.82, 2.24) is 0 Å². The third-order valence-corrected chi connectivity index (χ3v) is 11.8. The summed E-state index contributed by atoms with van der Waals surface area (Å²) >= 11 is 0. The summed E-state index contributed by atoms with van der Waals surface area (Å²) in [5.41, 5.74) is -0.478. The zero-order valence-electron chi connectivity index (χ0n) is 47.6. The van der Waals surface area contributed by atoms with Crippen molar-refractivity contribution in [2.75, 3.05) is 52.9 Å². The molecule has 94 heavy (non-hydrogen) atoms. The van der Waals surface area contributed by atoms with Gasteiger partial charge in [-0.05, 0) is 90.0 Å². The van der Waals surface area contributed by atoms with Crippen molar-refractivity contribution < 1.29 is 184 Å². The number of phenolic OH excluding ortho intramolecular Hbond substituents is 2. The Hall–Kier alpha value is -6.02. The number of aliphatic hydroxyl groups is 4. The number of hydrogen-bond donors (Lipinski definition) is 6. The Labute approximate surface area is 515 Å². The van der Waals surface area contributed by atoms with Crippen molar-refractivity contribution in [3.63, 3.8) is 0 Å². The Balaban J connectivity index is 1.18. The third kappa shape index (κ3) is 24.6. The van der Waals surface area contributed by atoms with E-state index < -0.39 is 171 Å². The average molecular weight is 1410 g/mol. The summed E-state index contributed by atoms with van der Waals surface area (Å²) in [6.07, 6.45) is -60.7. The predicted molar refractivity (Wildman–Crippen MR) is 267 cm³/mol. The summed E-state index contributed by atoms with van der Waals surface area (Å²) in [6.45, 7) is -17.4. The Kier molecular flexibility index (Phi) is 28.5. The van der Waals surface area contributed by atoms with E-state index in [1.54, 1.807) is 0 Å². The maximum absolute atomic E-state index is 14.6. The molecule has 0 aliphatic carbocycles. The first-order valence-electron chi connectivity index (χ1n) is 26.4. The number of benzene rings is 4. The molecule has 0 amide bonds. The molecule has 4 aromatic carbocycles. The van der Waals surface area contributed by atoms with Gasteiger partial charge in [-0.2, -0.15) is 96.6 Å². The Morgan fingerprint density at radius 3 is 1.01 bits per heavy atom. The summed E-state index contributed by atoms with van der Waals surface area (Å²) in [4.78, 5) is 0. The highest BCUT2D eigenvalue weighted by Gasteiger charge is 2.78. The van der Waals surface area contributed by atoms with Crippen molar-refractivity contribution in [2.45, 2.75) is 137 Å². The number of alkyl halides is 22. The monoisotopic (exact) mass is 1410 g/mol. The van der Waals surface area contributed by atoms with Gasteiger partial charge < -0.3 is 68.5 Å². The van der Waals surface area contributed by atoms with E-state index in [-0.39, 0.29) is 64.5 Å². The van der Waals surface area contributed by atoms with Crippen LogP contribution in [0.2, 0.25) is 0 Å². The quantitative estimate of drug-likeness (QED) is 0.0178. The normalized spacial score (nSPS) is 15.0. The standard InChI is InChI=1S/C54H56F22O18/c55-44(56,48(63,64)50(67,68)94-54(75,76)52(71,72)92-47(61,62)31-86-25-39(80)27-88-41-18-14-37(78)15-19-41)28-83-20-32-6-1-3-8-34(32)22-89-42(81)10-5-11-43(82)90-23-35-9-4-2-7-33(35)21-84-29-45(57,58)49(65,66)93-53(73,74)51(69,70)91-46(59,60)30-85-24-38(79)26-87-40-16-12-36(77)13-17-40/h1-4,6-9,12-19,38-39,42-43,77-82H,5,10-11,20-31H2. The van der Waals surface area contributed by atoms with E-state index in [0.717, 1.165) is 36.4 Å². The lowest BCUT2D eigenvalue weighted by Gasteiger charge is -2.36. The van der Waals surface area contributed by atoms with Gasteiger partial charge in [0.1, 0.15) is 74.8 Å². The summed E-state index contributed by atoms with van der Waals surface area (Å²) in [5, 5.41) is 58.7. The maximum atomic E-state index is 14.6. The molecule has 18 nitrogen and oxygen atoms in total. The minimum Gasteiger partial charge on any atom is -0.508 e. The molecule has 40 heteroatoms. The first kappa shape index (κ1) is 80.4. The van der Waals surface area contributed by atoms with Crippen LogP contribution in [0.3, 0.4) is 0 Å². The second-order valence-electron chi connectivity index (χ2n) is 19.7. The molecule has 0 aromatic heterocycles. The summed E-state index contributed by atoms with van der Waals surface area (Å²) < 4.78 is 362. The predicted octanol–water partition coefficient (Wildman–Crippen LogP) is 11.3. The zero-order chi connectivity index (χ0) is 70.8. The van der Waals surface area contributed by atoms with Gasteiger partial charge in [0.25, 0.3) is 0 Å². The number of aliphatic hydroxyl groups excluding tert-OH is 4. The van der Waals surface area contributed by atoms with Crippen molar-refractivity contribution in [3.8, 4) is 23.0 Å². The van der Waals surface area contributed by atoms with E-state index in [0.29, 0.717) is 0 Å². The highest BCUT2D eigenvalue weighted by atomic mass is 19.4. The Bertz CT molecular complexity index is 2900. The van der Waals surface area contributed by atoms with Gasteiger partial charge in [-0.1, -0.05) is 48.5 Å². The molecule has 6 N–H and O–H groups in total. The molecular formula is C54H56F22O18. The minimum atomic E-state index is -7.31. The summed E-state index contributed by atoms with van der Waals surface area (Å²) in [5.74, 6) is -19.7. The van der Waals surface area contributed by atoms with E-state index in [1.165, 1.54) is 60.7 Å². The summed E-state index contributed by atoms with van der Waals surface area (Å²) in [6, 6.07) is 18.9. The molecule has 0 aliphatic heterocycles. The molecule has 0 bridgehead atoms. The molecular weight excluding hydrogens is 1350 g/mol. The van der Waals surface area contributed by atoms with Crippen LogP contribution >= 0.6 is 0 Å². The molecule has 0 radical (unpaired) electrons. The van der Waals surface area contributed by atoms with Crippen molar-refractivity contribution in [3.05, 3.63) is 119 Å². The number of hydrogen-bond acceptors (Lipinski definition) is 18. The van der Waals surface area contributed by atoms with Crippen LogP contribution in [0, 0.1) is 0 Å². The van der Waals surface area contributed by atoms with Gasteiger partial charge in [0.15, 0.2) is 12.6 Å². The van der Waals surface area contributed by atoms with Crippen LogP contribution in [0.1, 0.15) is 41.5 Å². The smallest absolute Gasteiger partial charge is 0.453 e. The number of aromatic hydroxyl groups is 2. The van der Waals surface area contributed by atoms with E-state index in [2.05, 4.69) is 37.9 Å². The van der Waals surface area contributed by atoms with Crippen molar-refractivity contribution >= 4 is 0 Å². The van der Waals surface area contributed by atoms with Crippen LogP contribution in [-0.2, 0) is 73.8 Å². The van der Waals surface area contributed by atoms with Gasteiger partial charge in [0, 0.05) is 0 Å². The molecule has 4 unspecified atom stereocenters. The Morgan fingerprint density at radius 1 is 0.330 bits per heavy atom. The van der Waals surface area contributed by atoms with Crippen LogP contribution in [0.25, 0.3) is 0 Å². The number of rotatable bonds is 45. The van der Waals surface area contributed by atoms with Gasteiger partial charge in [0.05, 0.1) is 39.6 Å². The fourth-order valence-corrected chi connectivity index (χ4v) is 6.98. The van der Waals surface area contributed by atoms with Gasteiger partial charge in [-0.3, -0.25) is 0 Å². The SMILES string of the molecule is Oc1ccc(OCC(O)COCC(F)(F)OC(F)(F)C(F)(F)OC(F)(F)C(F)(F)COCc2ccccc2COC(O)CCCC(O)OCc2ccccc2COCC(F)(F)C(F)(F)C(F)(F)OC(F)(F)C(F)(F)OC(F)(F)COCC(O)COc2ccc(O)cc2)cc1. The molecule has 4 rings (SSSR count). The fourth-order valence-electron chi connectivity index (χ4n) is 6.98. The van der Waals surface area contributed by atoms with E-state index >= 15 is 0 Å². The van der Waals surface area contributed by atoms with Crippen LogP contribution < -0.4 is 9.47 Å². The average Bonchev–Trinajstić information content (AvgIpc) is 0.757. The molecule has 0 fully saturated rings. The summed E-state index contributed by atoms with van der Waals surface area (Å²) in [7, 11) is 0. The van der Waals surface area contributed by atoms with Crippen molar-refractivity contribution in [2.24, 2.45) is 0 Å². The van der Waals surface area contributed by atoms with Crippen LogP contribution in [0.4, 0.5) is 96.6 Å². The molecule has 0 saturated carbocycles. The second kappa shape index (κ2) is 33.3. The Morgan fingerprint density at radius 2 is 0.649 bits per heavy atom. The van der Waals surface area contributed by atoms with Gasteiger partial charge in [-0.15, -0.1) is 0 Å². The first-order valence-corrected chi connectivity index (χ1v) is 26.4. The molecule has 4 aromatic rings. The van der Waals surface area contributed by atoms with Crippen LogP contribution in [-0.4, -0.2) is 175 Å². The topological polar surface area (TPSA) is 232 Å². The van der Waals surface area contributed by atoms with Crippen molar-refractivity contribution in [1.29, 1.82) is 0 Å². The minimum absolute atomic E-state index is 0.00853. The van der Waals surface area contributed by atoms with Gasteiger partial charge >= 0.3 is 66.6 Å². The zero-order valence-corrected chi connectivity index (χ0v) is 47.6. The fraction of sp³-hybridized carbons (Fsp3) is 0.556. The number of phenols is 2. The lowest BCUT2D eigenvalue weighted by molar-refractivity contribution is -0.537. The first-order chi connectivity index (χ1) is 43.2. The molecule has 534 valence electrons.